The molecule has 3 nitrogen and oxygen atoms in total. The molecule has 0 spiro atoms. The zero-order valence-electron chi connectivity index (χ0n) is 7.58. The molecular formula is C10H7F2NO2. The summed E-state index contributed by atoms with van der Waals surface area (Å²) in [5.74, 6) is -0.942. The van der Waals surface area contributed by atoms with E-state index in [-0.39, 0.29) is 23.6 Å². The maximum absolute atomic E-state index is 13.3. The summed E-state index contributed by atoms with van der Waals surface area (Å²) in [6.07, 6.45) is 0. The number of halogens is 2. The summed E-state index contributed by atoms with van der Waals surface area (Å²) >= 11 is 0. The first-order chi connectivity index (χ1) is 7.20. The fourth-order valence-electron chi connectivity index (χ4n) is 1.21. The highest BCUT2D eigenvalue weighted by atomic mass is 19.1. The lowest BCUT2D eigenvalue weighted by atomic mass is 10.1. The van der Waals surface area contributed by atoms with Crippen molar-refractivity contribution in [2.45, 2.75) is 6.61 Å². The summed E-state index contributed by atoms with van der Waals surface area (Å²) in [5.41, 5.74) is 0.175. The SMILES string of the molecule is OCc1cc(-c2cc(F)ccc2F)no1. The van der Waals surface area contributed by atoms with Crippen molar-refractivity contribution in [1.29, 1.82) is 0 Å². The van der Waals surface area contributed by atoms with E-state index in [1.54, 1.807) is 0 Å². The van der Waals surface area contributed by atoms with Gasteiger partial charge >= 0.3 is 0 Å². The van der Waals surface area contributed by atoms with Crippen LogP contribution in [0.5, 0.6) is 0 Å². The number of hydrogen-bond donors (Lipinski definition) is 1. The first kappa shape index (κ1) is 9.79. The van der Waals surface area contributed by atoms with E-state index in [1.807, 2.05) is 0 Å². The van der Waals surface area contributed by atoms with Crippen LogP contribution < -0.4 is 0 Å². The molecule has 0 aliphatic rings. The van der Waals surface area contributed by atoms with E-state index < -0.39 is 11.6 Å². The first-order valence-corrected chi connectivity index (χ1v) is 4.22. The molecule has 5 heteroatoms. The number of nitrogens with zero attached hydrogens (tertiary/aromatic N) is 1. The molecule has 0 saturated carbocycles. The van der Waals surface area contributed by atoms with Crippen LogP contribution >= 0.6 is 0 Å². The van der Waals surface area contributed by atoms with Gasteiger partial charge in [0.25, 0.3) is 0 Å². The minimum absolute atomic E-state index is 0.0125. The van der Waals surface area contributed by atoms with Gasteiger partial charge < -0.3 is 9.63 Å². The Balaban J connectivity index is 2.48. The third kappa shape index (κ3) is 1.87. The molecule has 0 bridgehead atoms. The van der Waals surface area contributed by atoms with E-state index >= 15 is 0 Å². The second-order valence-electron chi connectivity index (χ2n) is 2.96. The maximum Gasteiger partial charge on any atom is 0.162 e. The summed E-state index contributed by atoms with van der Waals surface area (Å²) in [5, 5.41) is 12.2. The molecule has 0 aliphatic heterocycles. The molecule has 15 heavy (non-hydrogen) atoms. The third-order valence-corrected chi connectivity index (χ3v) is 1.92. The maximum atomic E-state index is 13.3. The van der Waals surface area contributed by atoms with Crippen molar-refractivity contribution in [2.24, 2.45) is 0 Å². The summed E-state index contributed by atoms with van der Waals surface area (Å²) in [6, 6.07) is 4.41. The Kier molecular flexibility index (Phi) is 2.47. The van der Waals surface area contributed by atoms with Gasteiger partial charge in [-0.25, -0.2) is 8.78 Å². The van der Waals surface area contributed by atoms with Crippen molar-refractivity contribution in [3.05, 3.63) is 41.7 Å². The molecular weight excluding hydrogens is 204 g/mol. The van der Waals surface area contributed by atoms with Crippen LogP contribution in [0.1, 0.15) is 5.76 Å². The number of hydrogen-bond acceptors (Lipinski definition) is 3. The van der Waals surface area contributed by atoms with Gasteiger partial charge in [0.2, 0.25) is 0 Å². The van der Waals surface area contributed by atoms with Crippen LogP contribution in [-0.2, 0) is 6.61 Å². The minimum Gasteiger partial charge on any atom is -0.388 e. The zero-order chi connectivity index (χ0) is 10.8. The number of aliphatic hydroxyl groups is 1. The van der Waals surface area contributed by atoms with Crippen LogP contribution in [-0.4, -0.2) is 10.3 Å². The van der Waals surface area contributed by atoms with E-state index in [1.165, 1.54) is 6.07 Å². The van der Waals surface area contributed by atoms with E-state index in [4.69, 9.17) is 5.11 Å². The lowest BCUT2D eigenvalue weighted by molar-refractivity contribution is 0.229. The molecule has 0 fully saturated rings. The third-order valence-electron chi connectivity index (χ3n) is 1.92. The summed E-state index contributed by atoms with van der Waals surface area (Å²) in [7, 11) is 0. The van der Waals surface area contributed by atoms with Gasteiger partial charge in [-0.3, -0.25) is 0 Å². The predicted octanol–water partition coefficient (Wildman–Crippen LogP) is 2.11. The molecule has 0 saturated heterocycles. The van der Waals surface area contributed by atoms with Crippen molar-refractivity contribution in [2.75, 3.05) is 0 Å². The monoisotopic (exact) mass is 211 g/mol. The van der Waals surface area contributed by atoms with Gasteiger partial charge in [0.1, 0.15) is 23.9 Å². The van der Waals surface area contributed by atoms with Gasteiger partial charge in [0.05, 0.1) is 0 Å². The average Bonchev–Trinajstić information content (AvgIpc) is 2.70. The lowest BCUT2D eigenvalue weighted by Crippen LogP contribution is -1.85. The summed E-state index contributed by atoms with van der Waals surface area (Å²) < 4.78 is 30.8. The Hall–Kier alpha value is -1.75. The second kappa shape index (κ2) is 3.78. The highest BCUT2D eigenvalue weighted by Crippen LogP contribution is 2.23. The van der Waals surface area contributed by atoms with Crippen LogP contribution in [0.15, 0.2) is 28.8 Å². The highest BCUT2D eigenvalue weighted by Gasteiger charge is 2.11. The fourth-order valence-corrected chi connectivity index (χ4v) is 1.21. The smallest absolute Gasteiger partial charge is 0.162 e. The van der Waals surface area contributed by atoms with Crippen molar-refractivity contribution in [3.8, 4) is 11.3 Å². The molecule has 0 atom stereocenters. The number of rotatable bonds is 2. The molecule has 1 aromatic carbocycles. The standard InChI is InChI=1S/C10H7F2NO2/c11-6-1-2-9(12)8(3-6)10-4-7(5-14)15-13-10/h1-4,14H,5H2. The summed E-state index contributed by atoms with van der Waals surface area (Å²) in [4.78, 5) is 0. The Bertz CT molecular complexity index is 482. The highest BCUT2D eigenvalue weighted by molar-refractivity contribution is 5.59. The van der Waals surface area contributed by atoms with Gasteiger partial charge in [-0.15, -0.1) is 0 Å². The van der Waals surface area contributed by atoms with Crippen LogP contribution in [0, 0.1) is 11.6 Å². The molecule has 1 aromatic heterocycles. The van der Waals surface area contributed by atoms with Crippen molar-refractivity contribution < 1.29 is 18.4 Å². The second-order valence-corrected chi connectivity index (χ2v) is 2.96. The van der Waals surface area contributed by atoms with Crippen LogP contribution in [0.4, 0.5) is 8.78 Å². The molecule has 2 aromatic rings. The van der Waals surface area contributed by atoms with E-state index in [0.29, 0.717) is 0 Å². The Labute approximate surface area is 83.9 Å². The Morgan fingerprint density at radius 1 is 1.27 bits per heavy atom. The van der Waals surface area contributed by atoms with Crippen LogP contribution in [0.3, 0.4) is 0 Å². The van der Waals surface area contributed by atoms with Crippen molar-refractivity contribution in [3.63, 3.8) is 0 Å². The lowest BCUT2D eigenvalue weighted by Gasteiger charge is -1.97. The topological polar surface area (TPSA) is 46.3 Å². The van der Waals surface area contributed by atoms with E-state index in [9.17, 15) is 8.78 Å². The minimum atomic E-state index is -0.589. The number of aromatic nitrogens is 1. The normalized spacial score (nSPS) is 10.6. The van der Waals surface area contributed by atoms with E-state index in [0.717, 1.165) is 18.2 Å². The van der Waals surface area contributed by atoms with Crippen LogP contribution in [0.2, 0.25) is 0 Å². The Morgan fingerprint density at radius 2 is 2.07 bits per heavy atom. The number of aliphatic hydroxyl groups excluding tert-OH is 1. The van der Waals surface area contributed by atoms with Crippen molar-refractivity contribution >= 4 is 0 Å². The fraction of sp³-hybridized carbons (Fsp3) is 0.100. The van der Waals surface area contributed by atoms with Gasteiger partial charge in [-0.05, 0) is 18.2 Å². The molecule has 1 N–H and O–H groups in total. The number of benzene rings is 1. The molecule has 0 aliphatic carbocycles. The molecule has 2 rings (SSSR count). The van der Waals surface area contributed by atoms with Crippen molar-refractivity contribution in [1.82, 2.24) is 5.16 Å². The quantitative estimate of drug-likeness (QED) is 0.827. The van der Waals surface area contributed by atoms with Crippen LogP contribution in [0.25, 0.3) is 11.3 Å². The first-order valence-electron chi connectivity index (χ1n) is 4.22. The predicted molar refractivity (Wildman–Crippen MR) is 47.8 cm³/mol. The summed E-state index contributed by atoms with van der Waals surface area (Å²) in [6.45, 7) is -0.329. The van der Waals surface area contributed by atoms with Gasteiger partial charge in [-0.2, -0.15) is 0 Å². The van der Waals surface area contributed by atoms with Gasteiger partial charge in [-0.1, -0.05) is 5.16 Å². The molecule has 0 amide bonds. The van der Waals surface area contributed by atoms with Gasteiger partial charge in [0, 0.05) is 11.6 Å². The van der Waals surface area contributed by atoms with Gasteiger partial charge in [0.15, 0.2) is 5.76 Å². The average molecular weight is 211 g/mol. The van der Waals surface area contributed by atoms with E-state index in [2.05, 4.69) is 9.68 Å². The molecule has 0 unspecified atom stereocenters. The Morgan fingerprint density at radius 3 is 2.73 bits per heavy atom. The molecule has 1 heterocycles. The zero-order valence-corrected chi connectivity index (χ0v) is 7.58. The molecule has 78 valence electrons. The largest absolute Gasteiger partial charge is 0.388 e. The molecule has 0 radical (unpaired) electrons.